The number of rotatable bonds is 4. The predicted octanol–water partition coefficient (Wildman–Crippen LogP) is 2.73. The maximum absolute atomic E-state index is 4.71. The molecule has 0 bridgehead atoms. The zero-order valence-electron chi connectivity index (χ0n) is 13.1. The van der Waals surface area contributed by atoms with E-state index in [1.807, 2.05) is 7.05 Å². The molecule has 0 saturated carbocycles. The fourth-order valence-corrected chi connectivity index (χ4v) is 3.10. The lowest BCUT2D eigenvalue weighted by Gasteiger charge is -2.14. The van der Waals surface area contributed by atoms with Crippen LogP contribution in [0.15, 0.2) is 6.33 Å². The Kier molecular flexibility index (Phi) is 4.25. The second kappa shape index (κ2) is 5.61. The first-order chi connectivity index (χ1) is 9.29. The molecule has 0 fully saturated rings. The van der Waals surface area contributed by atoms with Crippen LogP contribution in [0.2, 0.25) is 0 Å². The third-order valence-corrected chi connectivity index (χ3v) is 5.00. The SMILES string of the molecule is Cc1nc(C(C)(C)C)sc1[C@H](C)NCc1ncnn1C. The lowest BCUT2D eigenvalue weighted by atomic mass is 9.98. The molecular weight excluding hydrogens is 270 g/mol. The van der Waals surface area contributed by atoms with E-state index in [4.69, 9.17) is 4.98 Å². The van der Waals surface area contributed by atoms with E-state index >= 15 is 0 Å². The highest BCUT2D eigenvalue weighted by atomic mass is 32.1. The Balaban J connectivity index is 2.08. The van der Waals surface area contributed by atoms with Crippen LogP contribution in [-0.2, 0) is 19.0 Å². The molecule has 110 valence electrons. The summed E-state index contributed by atoms with van der Waals surface area (Å²) in [5.41, 5.74) is 1.23. The van der Waals surface area contributed by atoms with Gasteiger partial charge in [-0.3, -0.25) is 4.68 Å². The van der Waals surface area contributed by atoms with E-state index in [0.717, 1.165) is 11.5 Å². The second-order valence-electron chi connectivity index (χ2n) is 6.12. The second-order valence-corrected chi connectivity index (χ2v) is 7.15. The summed E-state index contributed by atoms with van der Waals surface area (Å²) in [5.74, 6) is 0.940. The van der Waals surface area contributed by atoms with Gasteiger partial charge < -0.3 is 5.32 Å². The largest absolute Gasteiger partial charge is 0.302 e. The van der Waals surface area contributed by atoms with E-state index < -0.39 is 0 Å². The quantitative estimate of drug-likeness (QED) is 0.941. The summed E-state index contributed by atoms with van der Waals surface area (Å²) in [7, 11) is 1.91. The molecule has 2 aromatic rings. The molecule has 0 aliphatic carbocycles. The van der Waals surface area contributed by atoms with Gasteiger partial charge in [-0.25, -0.2) is 9.97 Å². The van der Waals surface area contributed by atoms with Crippen LogP contribution < -0.4 is 5.32 Å². The van der Waals surface area contributed by atoms with Crippen molar-refractivity contribution in [2.45, 2.75) is 52.6 Å². The molecule has 0 aliphatic rings. The summed E-state index contributed by atoms with van der Waals surface area (Å²) in [5, 5.41) is 8.76. The van der Waals surface area contributed by atoms with Gasteiger partial charge in [0.05, 0.1) is 17.2 Å². The molecule has 2 aromatic heterocycles. The van der Waals surface area contributed by atoms with Crippen molar-refractivity contribution in [1.29, 1.82) is 0 Å². The molecule has 0 aromatic carbocycles. The van der Waals surface area contributed by atoms with Gasteiger partial charge in [-0.2, -0.15) is 5.10 Å². The Labute approximate surface area is 124 Å². The molecule has 2 heterocycles. The van der Waals surface area contributed by atoms with Crippen LogP contribution in [0.25, 0.3) is 0 Å². The molecule has 2 rings (SSSR count). The number of aryl methyl sites for hydroxylation is 2. The Bertz CT molecular complexity index is 579. The Morgan fingerprint density at radius 3 is 2.60 bits per heavy atom. The number of thiazole rings is 1. The van der Waals surface area contributed by atoms with E-state index in [2.05, 4.69) is 50.0 Å². The molecule has 0 spiro atoms. The summed E-state index contributed by atoms with van der Waals surface area (Å²) in [4.78, 5) is 10.2. The summed E-state index contributed by atoms with van der Waals surface area (Å²) < 4.78 is 1.79. The van der Waals surface area contributed by atoms with Crippen molar-refractivity contribution < 1.29 is 0 Å². The summed E-state index contributed by atoms with van der Waals surface area (Å²) in [6, 6.07) is 0.264. The molecule has 0 radical (unpaired) electrons. The van der Waals surface area contributed by atoms with Crippen LogP contribution in [0.1, 0.15) is 55.1 Å². The highest BCUT2D eigenvalue weighted by molar-refractivity contribution is 7.12. The van der Waals surface area contributed by atoms with Crippen LogP contribution in [0, 0.1) is 6.92 Å². The average Bonchev–Trinajstić information content (AvgIpc) is 2.92. The van der Waals surface area contributed by atoms with Crippen LogP contribution in [0.4, 0.5) is 0 Å². The van der Waals surface area contributed by atoms with Crippen molar-refractivity contribution in [3.63, 3.8) is 0 Å². The van der Waals surface area contributed by atoms with Gasteiger partial charge in [-0.05, 0) is 13.8 Å². The third-order valence-electron chi connectivity index (χ3n) is 3.24. The first kappa shape index (κ1) is 15.1. The number of nitrogens with one attached hydrogen (secondary N) is 1. The molecular formula is C14H23N5S. The monoisotopic (exact) mass is 293 g/mol. The van der Waals surface area contributed by atoms with Gasteiger partial charge in [0.1, 0.15) is 12.2 Å². The maximum Gasteiger partial charge on any atom is 0.140 e. The molecule has 0 amide bonds. The van der Waals surface area contributed by atoms with E-state index in [1.165, 1.54) is 9.88 Å². The van der Waals surface area contributed by atoms with Crippen molar-refractivity contribution in [2.75, 3.05) is 0 Å². The highest BCUT2D eigenvalue weighted by Crippen LogP contribution is 2.32. The first-order valence-electron chi connectivity index (χ1n) is 6.83. The zero-order chi connectivity index (χ0) is 14.9. The predicted molar refractivity (Wildman–Crippen MR) is 81.8 cm³/mol. The minimum Gasteiger partial charge on any atom is -0.302 e. The normalized spacial score (nSPS) is 13.7. The van der Waals surface area contributed by atoms with Gasteiger partial charge in [0.25, 0.3) is 0 Å². The van der Waals surface area contributed by atoms with Crippen molar-refractivity contribution in [2.24, 2.45) is 7.05 Å². The van der Waals surface area contributed by atoms with Gasteiger partial charge in [0.15, 0.2) is 0 Å². The number of nitrogens with zero attached hydrogens (tertiary/aromatic N) is 4. The number of aromatic nitrogens is 4. The van der Waals surface area contributed by atoms with Gasteiger partial charge in [-0.15, -0.1) is 11.3 Å². The fourth-order valence-electron chi connectivity index (χ4n) is 1.95. The number of hydrogen-bond acceptors (Lipinski definition) is 5. The van der Waals surface area contributed by atoms with Crippen molar-refractivity contribution >= 4 is 11.3 Å². The zero-order valence-corrected chi connectivity index (χ0v) is 13.9. The Hall–Kier alpha value is -1.27. The standard InChI is InChI=1S/C14H23N5S/c1-9(15-7-11-16-8-17-19(11)6)12-10(2)18-13(20-12)14(3,4)5/h8-9,15H,7H2,1-6H3/t9-/m0/s1. The van der Waals surface area contributed by atoms with Gasteiger partial charge in [-0.1, -0.05) is 20.8 Å². The van der Waals surface area contributed by atoms with E-state index in [9.17, 15) is 0 Å². The van der Waals surface area contributed by atoms with Crippen LogP contribution >= 0.6 is 11.3 Å². The maximum atomic E-state index is 4.71. The Morgan fingerprint density at radius 2 is 2.10 bits per heavy atom. The molecule has 1 N–H and O–H groups in total. The molecule has 5 nitrogen and oxygen atoms in total. The number of hydrogen-bond donors (Lipinski definition) is 1. The minimum atomic E-state index is 0.108. The minimum absolute atomic E-state index is 0.108. The van der Waals surface area contributed by atoms with Crippen LogP contribution in [0.5, 0.6) is 0 Å². The Morgan fingerprint density at radius 1 is 1.40 bits per heavy atom. The summed E-state index contributed by atoms with van der Waals surface area (Å²) >= 11 is 1.80. The molecule has 20 heavy (non-hydrogen) atoms. The van der Waals surface area contributed by atoms with Gasteiger partial charge in [0, 0.05) is 23.4 Å². The van der Waals surface area contributed by atoms with E-state index in [0.29, 0.717) is 6.54 Å². The van der Waals surface area contributed by atoms with E-state index in [1.54, 1.807) is 22.3 Å². The topological polar surface area (TPSA) is 55.6 Å². The lowest BCUT2D eigenvalue weighted by Crippen LogP contribution is -2.20. The summed E-state index contributed by atoms with van der Waals surface area (Å²) in [6.45, 7) is 11.6. The fraction of sp³-hybridized carbons (Fsp3) is 0.643. The molecule has 0 unspecified atom stereocenters. The molecule has 0 saturated heterocycles. The molecule has 6 heteroatoms. The van der Waals surface area contributed by atoms with Crippen LogP contribution in [-0.4, -0.2) is 19.7 Å². The highest BCUT2D eigenvalue weighted by Gasteiger charge is 2.22. The van der Waals surface area contributed by atoms with Gasteiger partial charge in [0.2, 0.25) is 0 Å². The van der Waals surface area contributed by atoms with Crippen molar-refractivity contribution in [1.82, 2.24) is 25.1 Å². The smallest absolute Gasteiger partial charge is 0.140 e. The lowest BCUT2D eigenvalue weighted by molar-refractivity contribution is 0.543. The average molecular weight is 293 g/mol. The van der Waals surface area contributed by atoms with Gasteiger partial charge >= 0.3 is 0 Å². The van der Waals surface area contributed by atoms with Crippen LogP contribution in [0.3, 0.4) is 0 Å². The van der Waals surface area contributed by atoms with E-state index in [-0.39, 0.29) is 11.5 Å². The van der Waals surface area contributed by atoms with Crippen molar-refractivity contribution in [3.05, 3.63) is 27.7 Å². The van der Waals surface area contributed by atoms with Crippen molar-refractivity contribution in [3.8, 4) is 0 Å². The third kappa shape index (κ3) is 3.24. The molecule has 0 aliphatic heterocycles. The summed E-state index contributed by atoms with van der Waals surface area (Å²) in [6.07, 6.45) is 1.58. The molecule has 1 atom stereocenters. The first-order valence-corrected chi connectivity index (χ1v) is 7.64.